The third-order valence-corrected chi connectivity index (χ3v) is 8.07. The molecule has 3 aliphatic rings. The van der Waals surface area contributed by atoms with Crippen molar-refractivity contribution in [2.45, 2.75) is 71.8 Å². The van der Waals surface area contributed by atoms with E-state index in [1.54, 1.807) is 0 Å². The van der Waals surface area contributed by atoms with Crippen molar-refractivity contribution < 1.29 is 5.11 Å². The molecule has 0 amide bonds. The minimum atomic E-state index is -0.336. The van der Waals surface area contributed by atoms with E-state index in [1.807, 2.05) is 0 Å². The van der Waals surface area contributed by atoms with Crippen LogP contribution < -0.4 is 11.5 Å². The quantitative estimate of drug-likeness (QED) is 0.684. The Hall–Kier alpha value is -0.380. The fourth-order valence-electron chi connectivity index (χ4n) is 6.82. The van der Waals surface area contributed by atoms with Crippen LogP contribution >= 0.6 is 0 Å². The van der Waals surface area contributed by atoms with E-state index in [0.717, 1.165) is 18.8 Å². The summed E-state index contributed by atoms with van der Waals surface area (Å²) in [5.74, 6) is 1.23. The summed E-state index contributed by atoms with van der Waals surface area (Å²) in [5, 5.41) is 11.1. The van der Waals surface area contributed by atoms with E-state index in [0.29, 0.717) is 36.3 Å². The second kappa shape index (κ2) is 5.86. The van der Waals surface area contributed by atoms with Crippen molar-refractivity contribution in [3.05, 3.63) is 11.6 Å². The second-order valence-corrected chi connectivity index (χ2v) is 9.45. The molecule has 0 radical (unpaired) electrons. The number of aliphatic hydroxyl groups is 1. The Morgan fingerprint density at radius 1 is 1.13 bits per heavy atom. The van der Waals surface area contributed by atoms with Crippen LogP contribution in [-0.2, 0) is 0 Å². The van der Waals surface area contributed by atoms with Crippen LogP contribution in [0.15, 0.2) is 11.6 Å². The van der Waals surface area contributed by atoms with Gasteiger partial charge in [0, 0.05) is 18.5 Å². The molecule has 0 aliphatic heterocycles. The summed E-state index contributed by atoms with van der Waals surface area (Å²) < 4.78 is 0. The fourth-order valence-corrected chi connectivity index (χ4v) is 6.82. The third kappa shape index (κ3) is 2.51. The first-order valence-electron chi connectivity index (χ1n) is 9.56. The van der Waals surface area contributed by atoms with Crippen LogP contribution in [0.1, 0.15) is 65.7 Å². The summed E-state index contributed by atoms with van der Waals surface area (Å²) >= 11 is 0. The summed E-state index contributed by atoms with van der Waals surface area (Å²) in [6.07, 6.45) is 9.97. The molecule has 5 atom stereocenters. The standard InChI is InChI=1S/C20H36N2O/c1-18(2)8-4-9-19(3)15(18)7-10-20(13-22)16(19)6-5-14(12-21)11-17(20)23/h5,15-17,23H,4,6-13,21-22H2,1-3H3. The lowest BCUT2D eigenvalue weighted by Crippen LogP contribution is -2.60. The zero-order valence-corrected chi connectivity index (χ0v) is 15.3. The van der Waals surface area contributed by atoms with Gasteiger partial charge >= 0.3 is 0 Å². The monoisotopic (exact) mass is 320 g/mol. The number of aliphatic hydroxyl groups excluding tert-OH is 1. The highest BCUT2D eigenvalue weighted by Crippen LogP contribution is 2.66. The van der Waals surface area contributed by atoms with Gasteiger partial charge in [-0.3, -0.25) is 0 Å². The zero-order valence-electron chi connectivity index (χ0n) is 15.3. The lowest BCUT2D eigenvalue weighted by atomic mass is 9.42. The lowest BCUT2D eigenvalue weighted by Gasteiger charge is -2.63. The second-order valence-electron chi connectivity index (χ2n) is 9.45. The molecular formula is C20H36N2O. The predicted octanol–water partition coefficient (Wildman–Crippen LogP) is 3.21. The van der Waals surface area contributed by atoms with Gasteiger partial charge in [-0.15, -0.1) is 0 Å². The molecule has 3 aliphatic carbocycles. The molecule has 0 saturated heterocycles. The Morgan fingerprint density at radius 2 is 1.87 bits per heavy atom. The highest BCUT2D eigenvalue weighted by atomic mass is 16.3. The van der Waals surface area contributed by atoms with Crippen LogP contribution in [0.2, 0.25) is 0 Å². The Morgan fingerprint density at radius 3 is 2.52 bits per heavy atom. The summed E-state index contributed by atoms with van der Waals surface area (Å²) in [4.78, 5) is 0. The van der Waals surface area contributed by atoms with Gasteiger partial charge in [0.2, 0.25) is 0 Å². The first-order chi connectivity index (χ1) is 10.8. The summed E-state index contributed by atoms with van der Waals surface area (Å²) in [6, 6.07) is 0. The number of rotatable bonds is 2. The highest BCUT2D eigenvalue weighted by Gasteiger charge is 2.61. The van der Waals surface area contributed by atoms with Crippen molar-refractivity contribution in [1.82, 2.24) is 0 Å². The molecule has 0 heterocycles. The molecule has 3 rings (SSSR count). The van der Waals surface area contributed by atoms with E-state index in [-0.39, 0.29) is 11.5 Å². The van der Waals surface area contributed by atoms with E-state index in [9.17, 15) is 5.11 Å². The molecule has 3 nitrogen and oxygen atoms in total. The topological polar surface area (TPSA) is 72.3 Å². The van der Waals surface area contributed by atoms with Gasteiger partial charge in [0.1, 0.15) is 0 Å². The molecule has 5 N–H and O–H groups in total. The van der Waals surface area contributed by atoms with Crippen LogP contribution in [-0.4, -0.2) is 24.3 Å². The molecule has 0 bridgehead atoms. The van der Waals surface area contributed by atoms with Crippen molar-refractivity contribution in [2.24, 2.45) is 39.5 Å². The van der Waals surface area contributed by atoms with Crippen molar-refractivity contribution >= 4 is 0 Å². The minimum Gasteiger partial charge on any atom is -0.392 e. The molecule has 132 valence electrons. The van der Waals surface area contributed by atoms with E-state index >= 15 is 0 Å². The van der Waals surface area contributed by atoms with Crippen LogP contribution in [0, 0.1) is 28.1 Å². The zero-order chi connectivity index (χ0) is 16.9. The Labute approximate surface area is 141 Å². The molecule has 23 heavy (non-hydrogen) atoms. The van der Waals surface area contributed by atoms with Crippen molar-refractivity contribution in [3.8, 4) is 0 Å². The van der Waals surface area contributed by atoms with E-state index in [2.05, 4.69) is 26.8 Å². The van der Waals surface area contributed by atoms with Gasteiger partial charge in [0.15, 0.2) is 0 Å². The number of nitrogens with two attached hydrogens (primary N) is 2. The largest absolute Gasteiger partial charge is 0.392 e. The van der Waals surface area contributed by atoms with Crippen molar-refractivity contribution in [1.29, 1.82) is 0 Å². The third-order valence-electron chi connectivity index (χ3n) is 8.07. The highest BCUT2D eigenvalue weighted by molar-refractivity contribution is 5.18. The summed E-state index contributed by atoms with van der Waals surface area (Å²) in [5.41, 5.74) is 14.0. The Bertz CT molecular complexity index is 486. The molecule has 0 aromatic carbocycles. The van der Waals surface area contributed by atoms with E-state index in [4.69, 9.17) is 11.5 Å². The van der Waals surface area contributed by atoms with Gasteiger partial charge < -0.3 is 16.6 Å². The lowest BCUT2D eigenvalue weighted by molar-refractivity contribution is -0.163. The fraction of sp³-hybridized carbons (Fsp3) is 0.900. The van der Waals surface area contributed by atoms with Gasteiger partial charge in [0.25, 0.3) is 0 Å². The molecule has 2 saturated carbocycles. The maximum Gasteiger partial charge on any atom is 0.0649 e. The Kier molecular flexibility index (Phi) is 4.44. The minimum absolute atomic E-state index is 0.119. The smallest absolute Gasteiger partial charge is 0.0649 e. The molecule has 0 aromatic rings. The first-order valence-corrected chi connectivity index (χ1v) is 9.56. The van der Waals surface area contributed by atoms with Crippen molar-refractivity contribution in [3.63, 3.8) is 0 Å². The van der Waals surface area contributed by atoms with Gasteiger partial charge in [-0.1, -0.05) is 38.8 Å². The SMILES string of the molecule is CC1(C)CCCC2(C)C1CCC1(CN)C(O)CC(CN)=CCC21. The normalized spacial score (nSPS) is 46.3. The first kappa shape index (κ1) is 17.4. The van der Waals surface area contributed by atoms with Gasteiger partial charge in [-0.25, -0.2) is 0 Å². The van der Waals surface area contributed by atoms with E-state index in [1.165, 1.54) is 31.3 Å². The molecular weight excluding hydrogens is 284 g/mol. The van der Waals surface area contributed by atoms with Crippen LogP contribution in [0.5, 0.6) is 0 Å². The van der Waals surface area contributed by atoms with Gasteiger partial charge in [0.05, 0.1) is 6.10 Å². The average molecular weight is 321 g/mol. The van der Waals surface area contributed by atoms with Crippen LogP contribution in [0.4, 0.5) is 0 Å². The molecule has 0 aromatic heterocycles. The summed E-state index contributed by atoms with van der Waals surface area (Å²) in [7, 11) is 0. The maximum absolute atomic E-state index is 11.1. The van der Waals surface area contributed by atoms with Gasteiger partial charge in [-0.2, -0.15) is 0 Å². The number of allylic oxidation sites excluding steroid dienone is 1. The Balaban J connectivity index is 2.04. The molecule has 2 fully saturated rings. The molecule has 5 unspecified atom stereocenters. The molecule has 0 spiro atoms. The molecule has 3 heteroatoms. The van der Waals surface area contributed by atoms with Crippen LogP contribution in [0.3, 0.4) is 0 Å². The average Bonchev–Trinajstić information content (AvgIpc) is 2.64. The maximum atomic E-state index is 11.1. The number of hydrogen-bond donors (Lipinski definition) is 3. The van der Waals surface area contributed by atoms with Crippen LogP contribution in [0.25, 0.3) is 0 Å². The number of fused-ring (bicyclic) bond motifs is 3. The predicted molar refractivity (Wildman–Crippen MR) is 95.8 cm³/mol. The van der Waals surface area contributed by atoms with Crippen molar-refractivity contribution in [2.75, 3.05) is 13.1 Å². The summed E-state index contributed by atoms with van der Waals surface area (Å²) in [6.45, 7) is 8.59. The van der Waals surface area contributed by atoms with Gasteiger partial charge in [-0.05, 0) is 61.2 Å². The number of hydrogen-bond acceptors (Lipinski definition) is 3. The van der Waals surface area contributed by atoms with E-state index < -0.39 is 0 Å².